The molecular formula is C19H35IN4O3. The molecule has 3 rings (SSSR count). The Bertz CT molecular complexity index is 535. The summed E-state index contributed by atoms with van der Waals surface area (Å²) in [7, 11) is 0. The van der Waals surface area contributed by atoms with Crippen molar-refractivity contribution >= 4 is 36.0 Å². The van der Waals surface area contributed by atoms with E-state index in [9.17, 15) is 4.79 Å². The average molecular weight is 494 g/mol. The maximum atomic E-state index is 11.8. The molecule has 1 amide bonds. The van der Waals surface area contributed by atoms with E-state index in [1.807, 2.05) is 6.92 Å². The fourth-order valence-corrected chi connectivity index (χ4v) is 4.67. The molecule has 2 saturated heterocycles. The van der Waals surface area contributed by atoms with Crippen molar-refractivity contribution in [2.24, 2.45) is 16.3 Å². The molecule has 0 aromatic heterocycles. The van der Waals surface area contributed by atoms with Gasteiger partial charge in [-0.15, -0.1) is 24.0 Å². The van der Waals surface area contributed by atoms with Gasteiger partial charge >= 0.3 is 6.09 Å². The van der Waals surface area contributed by atoms with Gasteiger partial charge in [0.2, 0.25) is 0 Å². The Hall–Kier alpha value is -0.770. The number of guanidine groups is 1. The number of carbonyl (C=O) groups excluding carboxylic acids is 1. The largest absolute Gasteiger partial charge is 0.450 e. The van der Waals surface area contributed by atoms with Gasteiger partial charge in [0.05, 0.1) is 12.7 Å². The summed E-state index contributed by atoms with van der Waals surface area (Å²) in [6, 6.07) is 0.727. The van der Waals surface area contributed by atoms with Crippen molar-refractivity contribution in [2.45, 2.75) is 65.1 Å². The van der Waals surface area contributed by atoms with E-state index in [0.29, 0.717) is 30.7 Å². The zero-order valence-electron chi connectivity index (χ0n) is 17.0. The third kappa shape index (κ3) is 4.81. The van der Waals surface area contributed by atoms with Crippen LogP contribution in [0, 0.1) is 11.3 Å². The molecule has 8 heteroatoms. The number of ether oxygens (including phenoxy) is 2. The fraction of sp³-hybridized carbons (Fsp3) is 0.895. The monoisotopic (exact) mass is 494 g/mol. The third-order valence-corrected chi connectivity index (χ3v) is 6.07. The van der Waals surface area contributed by atoms with E-state index >= 15 is 0 Å². The molecule has 1 aliphatic carbocycles. The molecule has 0 spiro atoms. The normalized spacial score (nSPS) is 30.0. The van der Waals surface area contributed by atoms with Crippen LogP contribution in [0.4, 0.5) is 4.79 Å². The van der Waals surface area contributed by atoms with Crippen molar-refractivity contribution in [3.63, 3.8) is 0 Å². The zero-order valence-corrected chi connectivity index (χ0v) is 19.3. The third-order valence-electron chi connectivity index (χ3n) is 6.07. The zero-order chi connectivity index (χ0) is 18.7. The van der Waals surface area contributed by atoms with Crippen LogP contribution < -0.4 is 10.6 Å². The summed E-state index contributed by atoms with van der Waals surface area (Å²) >= 11 is 0. The summed E-state index contributed by atoms with van der Waals surface area (Å²) in [6.45, 7) is 11.9. The van der Waals surface area contributed by atoms with Gasteiger partial charge in [-0.2, -0.15) is 0 Å². The lowest BCUT2D eigenvalue weighted by Gasteiger charge is -2.55. The van der Waals surface area contributed by atoms with E-state index in [0.717, 1.165) is 51.5 Å². The van der Waals surface area contributed by atoms with Crippen LogP contribution in [-0.2, 0) is 9.47 Å². The van der Waals surface area contributed by atoms with Crippen molar-refractivity contribution in [3.8, 4) is 0 Å². The van der Waals surface area contributed by atoms with Crippen LogP contribution >= 0.6 is 24.0 Å². The smallest absolute Gasteiger partial charge is 0.409 e. The molecule has 27 heavy (non-hydrogen) atoms. The summed E-state index contributed by atoms with van der Waals surface area (Å²) < 4.78 is 11.0. The Morgan fingerprint density at radius 2 is 1.93 bits per heavy atom. The van der Waals surface area contributed by atoms with E-state index in [1.165, 1.54) is 0 Å². The van der Waals surface area contributed by atoms with E-state index in [1.54, 1.807) is 4.90 Å². The second-order valence-corrected chi connectivity index (χ2v) is 8.11. The van der Waals surface area contributed by atoms with Crippen LogP contribution in [0.15, 0.2) is 4.99 Å². The summed E-state index contributed by atoms with van der Waals surface area (Å²) in [4.78, 5) is 18.3. The minimum Gasteiger partial charge on any atom is -0.450 e. The van der Waals surface area contributed by atoms with Gasteiger partial charge in [0.25, 0.3) is 0 Å². The summed E-state index contributed by atoms with van der Waals surface area (Å²) in [5.74, 6) is 1.48. The second-order valence-electron chi connectivity index (χ2n) is 8.11. The summed E-state index contributed by atoms with van der Waals surface area (Å²) in [5, 5.41) is 7.26. The van der Waals surface area contributed by atoms with Gasteiger partial charge in [-0.1, -0.05) is 13.8 Å². The number of amides is 1. The Labute approximate surface area is 180 Å². The highest BCUT2D eigenvalue weighted by Gasteiger charge is 2.59. The number of nitrogens with one attached hydrogen (secondary N) is 2. The van der Waals surface area contributed by atoms with Crippen LogP contribution in [-0.4, -0.2) is 68.0 Å². The van der Waals surface area contributed by atoms with Gasteiger partial charge in [-0.3, -0.25) is 4.99 Å². The lowest BCUT2D eigenvalue weighted by Crippen LogP contribution is -2.68. The molecule has 0 radical (unpaired) electrons. The minimum absolute atomic E-state index is 0. The van der Waals surface area contributed by atoms with E-state index in [2.05, 4.69) is 36.4 Å². The molecule has 3 aliphatic rings. The summed E-state index contributed by atoms with van der Waals surface area (Å²) in [6.07, 6.45) is 3.12. The average Bonchev–Trinajstić information content (AvgIpc) is 3.08. The molecule has 2 heterocycles. The molecule has 156 valence electrons. The molecule has 2 N–H and O–H groups in total. The van der Waals surface area contributed by atoms with E-state index in [-0.39, 0.29) is 35.5 Å². The maximum absolute atomic E-state index is 11.8. The molecular weight excluding hydrogens is 459 g/mol. The van der Waals surface area contributed by atoms with Gasteiger partial charge in [-0.25, -0.2) is 4.79 Å². The molecule has 3 unspecified atom stereocenters. The SMILES string of the molecule is CCN=C(NC1CCN(C(=O)OCC)CC1)NC1C2CCOC2C1(C)C.I. The van der Waals surface area contributed by atoms with Crippen molar-refractivity contribution in [3.05, 3.63) is 0 Å². The number of piperidine rings is 1. The number of nitrogens with zero attached hydrogens (tertiary/aromatic N) is 2. The first-order valence-corrected chi connectivity index (χ1v) is 10.1. The number of halogens is 1. The Morgan fingerprint density at radius 3 is 2.56 bits per heavy atom. The van der Waals surface area contributed by atoms with Gasteiger partial charge < -0.3 is 25.0 Å². The number of hydrogen-bond acceptors (Lipinski definition) is 4. The number of aliphatic imine (C=N–C) groups is 1. The Kier molecular flexibility index (Phi) is 8.03. The number of rotatable bonds is 4. The highest BCUT2D eigenvalue weighted by atomic mass is 127. The summed E-state index contributed by atoms with van der Waals surface area (Å²) in [5.41, 5.74) is 0.130. The van der Waals surface area contributed by atoms with E-state index in [4.69, 9.17) is 9.47 Å². The first kappa shape index (κ1) is 22.5. The van der Waals surface area contributed by atoms with Crippen molar-refractivity contribution < 1.29 is 14.3 Å². The van der Waals surface area contributed by atoms with E-state index < -0.39 is 0 Å². The highest BCUT2D eigenvalue weighted by Crippen LogP contribution is 2.52. The Balaban J connectivity index is 0.00000261. The molecule has 1 saturated carbocycles. The van der Waals surface area contributed by atoms with Crippen LogP contribution in [0.25, 0.3) is 0 Å². The van der Waals surface area contributed by atoms with Gasteiger partial charge in [0, 0.05) is 49.7 Å². The molecule has 0 aromatic rings. The topological polar surface area (TPSA) is 75.2 Å². The molecule has 3 fully saturated rings. The van der Waals surface area contributed by atoms with Gasteiger partial charge in [0.1, 0.15) is 0 Å². The Morgan fingerprint density at radius 1 is 1.22 bits per heavy atom. The fourth-order valence-electron chi connectivity index (χ4n) is 4.67. The molecule has 0 aromatic carbocycles. The predicted octanol–water partition coefficient (Wildman–Crippen LogP) is 2.59. The van der Waals surface area contributed by atoms with Gasteiger partial charge in [0.15, 0.2) is 5.96 Å². The van der Waals surface area contributed by atoms with Gasteiger partial charge in [-0.05, 0) is 33.1 Å². The first-order valence-electron chi connectivity index (χ1n) is 10.1. The molecule has 0 bridgehead atoms. The van der Waals surface area contributed by atoms with Crippen LogP contribution in [0.1, 0.15) is 47.0 Å². The maximum Gasteiger partial charge on any atom is 0.409 e. The van der Waals surface area contributed by atoms with Crippen molar-refractivity contribution in [1.29, 1.82) is 0 Å². The predicted molar refractivity (Wildman–Crippen MR) is 117 cm³/mol. The standard InChI is InChI=1S/C19H34N4O3.HI/c1-5-20-17(22-15-14-9-12-26-16(14)19(15,3)4)21-13-7-10-23(11-8-13)18(24)25-6-2;/h13-16H,5-12H2,1-4H3,(H2,20,21,22);1H. The molecule has 7 nitrogen and oxygen atoms in total. The van der Waals surface area contributed by atoms with Crippen molar-refractivity contribution in [1.82, 2.24) is 15.5 Å². The van der Waals surface area contributed by atoms with Crippen LogP contribution in [0.2, 0.25) is 0 Å². The number of fused-ring (bicyclic) bond motifs is 1. The second kappa shape index (κ2) is 9.62. The number of hydrogen-bond donors (Lipinski definition) is 2. The lowest BCUT2D eigenvalue weighted by molar-refractivity contribution is -0.106. The van der Waals surface area contributed by atoms with Crippen LogP contribution in [0.3, 0.4) is 0 Å². The highest BCUT2D eigenvalue weighted by molar-refractivity contribution is 14.0. The van der Waals surface area contributed by atoms with Crippen LogP contribution in [0.5, 0.6) is 0 Å². The quantitative estimate of drug-likeness (QED) is 0.357. The number of carbonyl (C=O) groups is 1. The molecule has 3 atom stereocenters. The molecule has 2 aliphatic heterocycles. The lowest BCUT2D eigenvalue weighted by atomic mass is 9.57. The minimum atomic E-state index is -0.199. The first-order chi connectivity index (χ1) is 12.5. The number of likely N-dealkylation sites (tertiary alicyclic amines) is 1. The van der Waals surface area contributed by atoms with Crippen molar-refractivity contribution in [2.75, 3.05) is 32.8 Å².